The van der Waals surface area contributed by atoms with Gasteiger partial charge in [-0.25, -0.2) is 0 Å². The summed E-state index contributed by atoms with van der Waals surface area (Å²) in [7, 11) is 1.52. The molecule has 0 amide bonds. The van der Waals surface area contributed by atoms with E-state index in [4.69, 9.17) is 4.74 Å². The number of methoxy groups -OCH3 is 1. The fourth-order valence-corrected chi connectivity index (χ4v) is 2.11. The molecule has 2 aromatic rings. The van der Waals surface area contributed by atoms with Gasteiger partial charge in [0.15, 0.2) is 6.04 Å². The van der Waals surface area contributed by atoms with Crippen molar-refractivity contribution in [2.45, 2.75) is 19.1 Å². The van der Waals surface area contributed by atoms with E-state index < -0.39 is 12.2 Å². The zero-order chi connectivity index (χ0) is 17.0. The van der Waals surface area contributed by atoms with Gasteiger partial charge in [-0.2, -0.15) is 13.2 Å². The third kappa shape index (κ3) is 4.54. The molecule has 7 heteroatoms. The lowest BCUT2D eigenvalue weighted by Crippen LogP contribution is -2.20. The summed E-state index contributed by atoms with van der Waals surface area (Å²) in [4.78, 5) is 7.54. The molecule has 1 heterocycles. The highest BCUT2D eigenvalue weighted by Crippen LogP contribution is 2.35. The van der Waals surface area contributed by atoms with E-state index in [9.17, 15) is 13.2 Å². The number of pyridine rings is 1. The Morgan fingerprint density at radius 1 is 1.26 bits per heavy atom. The van der Waals surface area contributed by atoms with Crippen molar-refractivity contribution in [1.82, 2.24) is 4.98 Å². The van der Waals surface area contributed by atoms with Crippen molar-refractivity contribution in [2.75, 3.05) is 7.11 Å². The maximum Gasteiger partial charge on any atom is 0.416 e. The van der Waals surface area contributed by atoms with E-state index >= 15 is 0 Å². The summed E-state index contributed by atoms with van der Waals surface area (Å²) in [6.45, 7) is 1.70. The molecule has 0 aliphatic rings. The second kappa shape index (κ2) is 7.12. The molecule has 2 rings (SSSR count). The average Bonchev–Trinajstić information content (AvgIpc) is 2.50. The summed E-state index contributed by atoms with van der Waals surface area (Å²) in [6, 6.07) is 5.97. The van der Waals surface area contributed by atoms with Crippen LogP contribution in [-0.2, 0) is 0 Å². The topological polar surface area (TPSA) is 34.5 Å². The molecule has 1 aromatic heterocycles. The Kier molecular flexibility index (Phi) is 5.41. The first kappa shape index (κ1) is 17.5. The lowest BCUT2D eigenvalue weighted by Gasteiger charge is -2.16. The molecule has 0 N–H and O–H groups in total. The van der Waals surface area contributed by atoms with Gasteiger partial charge >= 0.3 is 6.18 Å². The fraction of sp³-hybridized carbons (Fsp3) is 0.250. The number of aliphatic imine (C=N–C) groups is 1. The summed E-state index contributed by atoms with van der Waals surface area (Å²) in [6.07, 6.45) is -1.97. The highest BCUT2D eigenvalue weighted by molar-refractivity contribution is 9.10. The van der Waals surface area contributed by atoms with Crippen LogP contribution >= 0.6 is 15.9 Å². The van der Waals surface area contributed by atoms with Crippen LogP contribution in [0.15, 0.2) is 46.0 Å². The minimum atomic E-state index is -4.52. The third-order valence-electron chi connectivity index (χ3n) is 3.15. The Morgan fingerprint density at radius 3 is 2.43 bits per heavy atom. The molecular formula is C16H14BrF3N2O. The number of ether oxygens (including phenoxy) is 1. The van der Waals surface area contributed by atoms with Crippen LogP contribution in [0.1, 0.15) is 22.9 Å². The average molecular weight is 387 g/mol. The molecular weight excluding hydrogens is 373 g/mol. The van der Waals surface area contributed by atoms with Gasteiger partial charge in [0.25, 0.3) is 0 Å². The van der Waals surface area contributed by atoms with Gasteiger partial charge in [-0.1, -0.05) is 0 Å². The van der Waals surface area contributed by atoms with Crippen molar-refractivity contribution >= 4 is 22.1 Å². The second-order valence-corrected chi connectivity index (χ2v) is 5.71. The van der Waals surface area contributed by atoms with Crippen LogP contribution in [0.3, 0.4) is 0 Å². The Labute approximate surface area is 140 Å². The van der Waals surface area contributed by atoms with Crippen LogP contribution in [0.5, 0.6) is 5.75 Å². The van der Waals surface area contributed by atoms with Gasteiger partial charge in [-0.15, -0.1) is 0 Å². The number of rotatable bonds is 4. The monoisotopic (exact) mass is 386 g/mol. The number of aryl methyl sites for hydroxylation is 1. The molecule has 1 aromatic carbocycles. The van der Waals surface area contributed by atoms with Crippen LogP contribution < -0.4 is 4.74 Å². The maximum atomic E-state index is 13.3. The summed E-state index contributed by atoms with van der Waals surface area (Å²) in [5, 5.41) is 0. The predicted molar refractivity (Wildman–Crippen MR) is 86.1 cm³/mol. The van der Waals surface area contributed by atoms with Gasteiger partial charge in [0.05, 0.1) is 12.8 Å². The first-order valence-electron chi connectivity index (χ1n) is 6.67. The number of hydrogen-bond donors (Lipinski definition) is 0. The van der Waals surface area contributed by atoms with Gasteiger partial charge in [-0.05, 0) is 64.3 Å². The van der Waals surface area contributed by atoms with Gasteiger partial charge in [0.2, 0.25) is 0 Å². The smallest absolute Gasteiger partial charge is 0.416 e. The maximum absolute atomic E-state index is 13.3. The molecule has 0 radical (unpaired) electrons. The van der Waals surface area contributed by atoms with Crippen LogP contribution in [0, 0.1) is 6.92 Å². The minimum Gasteiger partial charge on any atom is -0.497 e. The molecule has 0 aliphatic carbocycles. The largest absolute Gasteiger partial charge is 0.497 e. The van der Waals surface area contributed by atoms with E-state index in [2.05, 4.69) is 25.9 Å². The van der Waals surface area contributed by atoms with Crippen LogP contribution in [0.2, 0.25) is 0 Å². The second-order valence-electron chi connectivity index (χ2n) is 4.85. The quantitative estimate of drug-likeness (QED) is 0.701. The van der Waals surface area contributed by atoms with E-state index in [1.807, 2.05) is 0 Å². The van der Waals surface area contributed by atoms with Crippen LogP contribution in [0.4, 0.5) is 13.2 Å². The molecule has 1 atom stereocenters. The van der Waals surface area contributed by atoms with Crippen molar-refractivity contribution in [3.63, 3.8) is 0 Å². The zero-order valence-corrected chi connectivity index (χ0v) is 14.0. The molecule has 0 fully saturated rings. The Bertz CT molecular complexity index is 699. The number of aromatic nitrogens is 1. The number of nitrogens with zero attached hydrogens (tertiary/aromatic N) is 2. The molecule has 0 saturated carbocycles. The van der Waals surface area contributed by atoms with E-state index in [0.29, 0.717) is 21.3 Å². The zero-order valence-electron chi connectivity index (χ0n) is 12.4. The molecule has 0 bridgehead atoms. The van der Waals surface area contributed by atoms with E-state index in [-0.39, 0.29) is 5.69 Å². The van der Waals surface area contributed by atoms with Crippen molar-refractivity contribution in [1.29, 1.82) is 0 Å². The van der Waals surface area contributed by atoms with Gasteiger partial charge < -0.3 is 4.74 Å². The minimum absolute atomic E-state index is 0.136. The molecule has 0 spiro atoms. The number of halogens is 4. The first-order chi connectivity index (χ1) is 10.8. The van der Waals surface area contributed by atoms with E-state index in [0.717, 1.165) is 0 Å². The molecule has 1 unspecified atom stereocenters. The number of alkyl halides is 3. The molecule has 122 valence electrons. The van der Waals surface area contributed by atoms with Crippen molar-refractivity contribution in [3.8, 4) is 5.75 Å². The molecule has 0 saturated heterocycles. The normalized spacial score (nSPS) is 13.3. The Morgan fingerprint density at radius 2 is 1.91 bits per heavy atom. The van der Waals surface area contributed by atoms with E-state index in [1.165, 1.54) is 25.6 Å². The van der Waals surface area contributed by atoms with Crippen LogP contribution in [0.25, 0.3) is 0 Å². The Hall–Kier alpha value is -1.89. The molecule has 0 aliphatic heterocycles. The number of hydrogen-bond acceptors (Lipinski definition) is 3. The molecule has 23 heavy (non-hydrogen) atoms. The van der Waals surface area contributed by atoms with Crippen molar-refractivity contribution < 1.29 is 17.9 Å². The van der Waals surface area contributed by atoms with Gasteiger partial charge in [0.1, 0.15) is 5.75 Å². The predicted octanol–water partition coefficient (Wildman–Crippen LogP) is 4.88. The van der Waals surface area contributed by atoms with Gasteiger partial charge in [0, 0.05) is 16.9 Å². The molecule has 3 nitrogen and oxygen atoms in total. The standard InChI is InChI=1S/C16H14BrF3N2O/c1-10-7-14(21-9-13(10)17)15(16(18,19)20)22-8-11-3-5-12(23-2)6-4-11/h3-9,15H,1-2H3/b22-8+. The highest BCUT2D eigenvalue weighted by atomic mass is 79.9. The Balaban J connectivity index is 2.31. The highest BCUT2D eigenvalue weighted by Gasteiger charge is 2.41. The van der Waals surface area contributed by atoms with Gasteiger partial charge in [-0.3, -0.25) is 9.98 Å². The summed E-state index contributed by atoms with van der Waals surface area (Å²) in [5.41, 5.74) is 1.08. The summed E-state index contributed by atoms with van der Waals surface area (Å²) >= 11 is 3.22. The SMILES string of the molecule is COc1ccc(/C=N/C(c2cc(C)c(Br)cn2)C(F)(F)F)cc1. The lowest BCUT2D eigenvalue weighted by atomic mass is 10.1. The third-order valence-corrected chi connectivity index (χ3v) is 3.98. The summed E-state index contributed by atoms with van der Waals surface area (Å²) < 4.78 is 45.5. The summed E-state index contributed by atoms with van der Waals surface area (Å²) in [5.74, 6) is 0.625. The first-order valence-corrected chi connectivity index (χ1v) is 7.46. The van der Waals surface area contributed by atoms with Crippen molar-refractivity contribution in [3.05, 3.63) is 57.8 Å². The van der Waals surface area contributed by atoms with Crippen LogP contribution in [-0.4, -0.2) is 24.5 Å². The van der Waals surface area contributed by atoms with Crippen molar-refractivity contribution in [2.24, 2.45) is 4.99 Å². The van der Waals surface area contributed by atoms with E-state index in [1.54, 1.807) is 31.2 Å². The number of benzene rings is 1. The fourth-order valence-electron chi connectivity index (χ4n) is 1.89. The lowest BCUT2D eigenvalue weighted by molar-refractivity contribution is -0.149.